The number of nitrogens with one attached hydrogen (secondary N) is 3. The third kappa shape index (κ3) is 8.39. The Hall–Kier alpha value is -5.27. The Morgan fingerprint density at radius 3 is 2.36 bits per heavy atom. The number of benzene rings is 3. The zero-order valence-corrected chi connectivity index (χ0v) is 39.5. The number of amides is 3. The molecule has 5 fully saturated rings. The largest absolute Gasteiger partial charge is 0.453 e. The number of hydrogen-bond donors (Lipinski definition) is 3. The van der Waals surface area contributed by atoms with Crippen LogP contribution >= 0.6 is 0 Å². The standard InChI is InChI=1S/C53H67N7O6/c1-30(2)46(58-52(63)64-6)51(62)60-43-11-8-7-10-38(43)25-44(60)49-55-41-19-17-37-24-36(16-18-40(37)47(41)57-49)34-12-14-35(15-13-34)42-27-54-48(56-42)45-26-53(20-9-21-65-29-53)28-59(45)50(61)33(5)39-22-31(3)66-32(4)23-39/h12-19,24,27,30-33,38-39,43-46H,7-11,20-23,25-26,28-29H2,1-6H3,(H,54,56)(H,55,57)(H,58,63)/t31-,32-,33-,38+,43+,44+,45+,46+,53+/m1/s1. The molecule has 3 amide bonds. The lowest BCUT2D eigenvalue weighted by Gasteiger charge is -2.37. The molecule has 0 radical (unpaired) electrons. The summed E-state index contributed by atoms with van der Waals surface area (Å²) < 4.78 is 17.0. The first-order valence-electron chi connectivity index (χ1n) is 24.7. The summed E-state index contributed by atoms with van der Waals surface area (Å²) in [5.41, 5.74) is 5.96. The van der Waals surface area contributed by atoms with E-state index in [1.54, 1.807) is 0 Å². The van der Waals surface area contributed by atoms with Crippen LogP contribution in [0.5, 0.6) is 0 Å². The minimum atomic E-state index is -0.690. The molecule has 13 heteroatoms. The van der Waals surface area contributed by atoms with Gasteiger partial charge in [0.1, 0.15) is 17.7 Å². The number of nitrogens with zero attached hydrogens (tertiary/aromatic N) is 4. The van der Waals surface area contributed by atoms with Gasteiger partial charge in [0.15, 0.2) is 0 Å². The second-order valence-electron chi connectivity index (χ2n) is 20.9. The molecule has 350 valence electrons. The number of carbonyl (C=O) groups excluding carboxylic acids is 3. The van der Waals surface area contributed by atoms with Gasteiger partial charge in [0.2, 0.25) is 11.8 Å². The molecule has 4 saturated heterocycles. The molecule has 9 atom stereocenters. The molecular formula is C53H67N7O6. The smallest absolute Gasteiger partial charge is 0.407 e. The number of aromatic nitrogens is 4. The van der Waals surface area contributed by atoms with Gasteiger partial charge in [-0.1, -0.05) is 76.1 Å². The summed E-state index contributed by atoms with van der Waals surface area (Å²) in [6.45, 7) is 12.5. The Labute approximate surface area is 388 Å². The number of carbonyl (C=O) groups is 3. The Balaban J connectivity index is 0.879. The fourth-order valence-electron chi connectivity index (χ4n) is 12.6. The van der Waals surface area contributed by atoms with E-state index in [1.165, 1.54) is 13.5 Å². The number of aromatic amines is 2. The van der Waals surface area contributed by atoms with Crippen LogP contribution in [-0.2, 0) is 23.8 Å². The quantitative estimate of drug-likeness (QED) is 0.132. The molecule has 6 heterocycles. The van der Waals surface area contributed by atoms with E-state index in [4.69, 9.17) is 24.2 Å². The molecule has 5 aromatic rings. The minimum absolute atomic E-state index is 0.0480. The molecule has 5 aliphatic rings. The summed E-state index contributed by atoms with van der Waals surface area (Å²) in [4.78, 5) is 62.8. The van der Waals surface area contributed by atoms with Crippen molar-refractivity contribution in [3.05, 3.63) is 72.4 Å². The average Bonchev–Trinajstić information content (AvgIpc) is 4.14. The topological polar surface area (TPSA) is 155 Å². The third-order valence-corrected chi connectivity index (χ3v) is 16.0. The van der Waals surface area contributed by atoms with Crippen molar-refractivity contribution < 1.29 is 28.6 Å². The summed E-state index contributed by atoms with van der Waals surface area (Å²) >= 11 is 0. The van der Waals surface area contributed by atoms with E-state index in [2.05, 4.69) is 95.6 Å². The van der Waals surface area contributed by atoms with E-state index in [1.807, 2.05) is 24.9 Å². The van der Waals surface area contributed by atoms with Crippen LogP contribution in [0.2, 0.25) is 0 Å². The molecule has 0 unspecified atom stereocenters. The number of hydrogen-bond acceptors (Lipinski definition) is 8. The van der Waals surface area contributed by atoms with E-state index >= 15 is 0 Å². The van der Waals surface area contributed by atoms with Crippen LogP contribution in [0.1, 0.15) is 123 Å². The molecule has 1 spiro atoms. The maximum atomic E-state index is 14.4. The average molecular weight is 898 g/mol. The van der Waals surface area contributed by atoms with Crippen LogP contribution < -0.4 is 5.32 Å². The van der Waals surface area contributed by atoms with Crippen molar-refractivity contribution in [3.8, 4) is 22.4 Å². The highest BCUT2D eigenvalue weighted by Crippen LogP contribution is 2.49. The fraction of sp³-hybridized carbons (Fsp3) is 0.566. The van der Waals surface area contributed by atoms with Crippen molar-refractivity contribution in [2.24, 2.45) is 29.1 Å². The number of imidazole rings is 2. The number of rotatable bonds is 9. The number of fused-ring (bicyclic) bond motifs is 4. The molecule has 4 aliphatic heterocycles. The van der Waals surface area contributed by atoms with Gasteiger partial charge in [-0.15, -0.1) is 0 Å². The van der Waals surface area contributed by atoms with Crippen molar-refractivity contribution in [2.45, 2.75) is 135 Å². The normalized spacial score (nSPS) is 28.8. The summed E-state index contributed by atoms with van der Waals surface area (Å²) in [5.74, 6) is 2.28. The molecule has 13 nitrogen and oxygen atoms in total. The van der Waals surface area contributed by atoms with Crippen molar-refractivity contribution in [3.63, 3.8) is 0 Å². The first-order chi connectivity index (χ1) is 31.9. The lowest BCUT2D eigenvalue weighted by atomic mass is 9.80. The number of ether oxygens (including phenoxy) is 3. The van der Waals surface area contributed by atoms with Gasteiger partial charge in [-0.3, -0.25) is 9.59 Å². The first-order valence-corrected chi connectivity index (χ1v) is 24.7. The van der Waals surface area contributed by atoms with Crippen molar-refractivity contribution in [1.29, 1.82) is 0 Å². The SMILES string of the molecule is COC(=O)N[C@H](C(=O)N1[C@H](c2nc3ccc4cc(-c5ccc(-c6cnc([C@@H]7C[C@@]8(CCCOC8)CN7C(=O)[C@H](C)C7C[C@@H](C)O[C@H](C)C7)[nH]6)cc5)ccc4c3[nH]2)C[C@@H]2CCCC[C@@H]21)C(C)C. The molecule has 10 rings (SSSR count). The van der Waals surface area contributed by atoms with Crippen LogP contribution in [0, 0.1) is 29.1 Å². The van der Waals surface area contributed by atoms with Crippen LogP contribution in [0.3, 0.4) is 0 Å². The summed E-state index contributed by atoms with van der Waals surface area (Å²) in [6.07, 6.45) is 11.5. The van der Waals surface area contributed by atoms with Crippen LogP contribution in [0.25, 0.3) is 44.2 Å². The molecule has 1 aliphatic carbocycles. The predicted molar refractivity (Wildman–Crippen MR) is 254 cm³/mol. The van der Waals surface area contributed by atoms with E-state index < -0.39 is 12.1 Å². The molecule has 3 N–H and O–H groups in total. The summed E-state index contributed by atoms with van der Waals surface area (Å²) in [6, 6.07) is 18.4. The molecular weight excluding hydrogens is 831 g/mol. The van der Waals surface area contributed by atoms with Crippen LogP contribution in [0.15, 0.2) is 60.8 Å². The van der Waals surface area contributed by atoms with Crippen LogP contribution in [0.4, 0.5) is 4.79 Å². The van der Waals surface area contributed by atoms with Gasteiger partial charge < -0.3 is 39.3 Å². The maximum Gasteiger partial charge on any atom is 0.407 e. The molecule has 0 bridgehead atoms. The van der Waals surface area contributed by atoms with Crippen molar-refractivity contribution >= 4 is 39.7 Å². The van der Waals surface area contributed by atoms with E-state index in [0.717, 1.165) is 120 Å². The second kappa shape index (κ2) is 18.1. The monoisotopic (exact) mass is 898 g/mol. The zero-order chi connectivity index (χ0) is 45.9. The van der Waals surface area contributed by atoms with E-state index in [9.17, 15) is 14.4 Å². The summed E-state index contributed by atoms with van der Waals surface area (Å²) in [5, 5.41) is 5.00. The highest BCUT2D eigenvalue weighted by atomic mass is 16.5. The van der Waals surface area contributed by atoms with E-state index in [-0.39, 0.29) is 59.4 Å². The lowest BCUT2D eigenvalue weighted by molar-refractivity contribution is -0.142. The van der Waals surface area contributed by atoms with Gasteiger partial charge in [0, 0.05) is 35.9 Å². The number of methoxy groups -OCH3 is 1. The molecule has 66 heavy (non-hydrogen) atoms. The number of likely N-dealkylation sites (tertiary alicyclic amines) is 2. The first kappa shape index (κ1) is 44.6. The van der Waals surface area contributed by atoms with Gasteiger partial charge in [-0.25, -0.2) is 14.8 Å². The van der Waals surface area contributed by atoms with Gasteiger partial charge in [-0.2, -0.15) is 0 Å². The van der Waals surface area contributed by atoms with Gasteiger partial charge in [0.25, 0.3) is 0 Å². The predicted octanol–water partition coefficient (Wildman–Crippen LogP) is 9.90. The zero-order valence-electron chi connectivity index (χ0n) is 39.5. The Morgan fingerprint density at radius 2 is 1.62 bits per heavy atom. The Morgan fingerprint density at radius 1 is 0.864 bits per heavy atom. The lowest BCUT2D eigenvalue weighted by Crippen LogP contribution is -2.53. The third-order valence-electron chi connectivity index (χ3n) is 16.0. The number of H-pyrrole nitrogens is 2. The van der Waals surface area contributed by atoms with Gasteiger partial charge in [-0.05, 0) is 117 Å². The van der Waals surface area contributed by atoms with Crippen molar-refractivity contribution in [1.82, 2.24) is 35.1 Å². The highest BCUT2D eigenvalue weighted by Gasteiger charge is 2.51. The molecule has 3 aromatic carbocycles. The Kier molecular flexibility index (Phi) is 12.2. The summed E-state index contributed by atoms with van der Waals surface area (Å²) in [7, 11) is 1.33. The molecule has 1 saturated carbocycles. The van der Waals surface area contributed by atoms with Gasteiger partial charge >= 0.3 is 6.09 Å². The maximum absolute atomic E-state index is 14.4. The number of alkyl carbamates (subject to hydrolysis) is 1. The highest BCUT2D eigenvalue weighted by molar-refractivity contribution is 6.05. The van der Waals surface area contributed by atoms with E-state index in [0.29, 0.717) is 25.0 Å². The fourth-order valence-corrected chi connectivity index (χ4v) is 12.6. The molecule has 2 aromatic heterocycles. The van der Waals surface area contributed by atoms with Crippen molar-refractivity contribution in [2.75, 3.05) is 26.9 Å². The Bertz CT molecular complexity index is 2570. The van der Waals surface area contributed by atoms with Gasteiger partial charge in [0.05, 0.1) is 60.9 Å². The van der Waals surface area contributed by atoms with Crippen LogP contribution in [-0.4, -0.2) is 98.8 Å². The second-order valence-corrected chi connectivity index (χ2v) is 20.9. The minimum Gasteiger partial charge on any atom is -0.453 e.